The van der Waals surface area contributed by atoms with Crippen LogP contribution in [0.25, 0.3) is 0 Å². The van der Waals surface area contributed by atoms with E-state index in [0.29, 0.717) is 11.5 Å². The number of aromatic nitrogens is 2. The SMILES string of the molecule is O=C(NC1CCC(CO)CC1)c1cn[nH]c1I. The number of hydrogen-bond acceptors (Lipinski definition) is 3. The third-order valence-corrected chi connectivity index (χ3v) is 4.10. The zero-order valence-electron chi connectivity index (χ0n) is 9.45. The van der Waals surface area contributed by atoms with E-state index in [1.54, 1.807) is 6.20 Å². The molecule has 1 aromatic heterocycles. The lowest BCUT2D eigenvalue weighted by Crippen LogP contribution is -2.38. The fourth-order valence-electron chi connectivity index (χ4n) is 2.18. The molecule has 1 aromatic rings. The fourth-order valence-corrected chi connectivity index (χ4v) is 2.70. The van der Waals surface area contributed by atoms with Crippen LogP contribution >= 0.6 is 22.6 Å². The van der Waals surface area contributed by atoms with Crippen LogP contribution in [0.4, 0.5) is 0 Å². The van der Waals surface area contributed by atoms with Gasteiger partial charge in [-0.15, -0.1) is 0 Å². The molecule has 0 radical (unpaired) electrons. The minimum absolute atomic E-state index is 0.0596. The van der Waals surface area contributed by atoms with Crippen LogP contribution in [0.3, 0.4) is 0 Å². The summed E-state index contributed by atoms with van der Waals surface area (Å²) in [4.78, 5) is 11.9. The van der Waals surface area contributed by atoms with Gasteiger partial charge in [0.2, 0.25) is 0 Å². The van der Waals surface area contributed by atoms with Crippen molar-refractivity contribution in [3.8, 4) is 0 Å². The fraction of sp³-hybridized carbons (Fsp3) is 0.636. The van der Waals surface area contributed by atoms with Crippen molar-refractivity contribution < 1.29 is 9.90 Å². The summed E-state index contributed by atoms with van der Waals surface area (Å²) in [6.07, 6.45) is 5.43. The molecule has 3 N–H and O–H groups in total. The lowest BCUT2D eigenvalue weighted by molar-refractivity contribution is 0.0913. The number of carbonyl (C=O) groups is 1. The minimum atomic E-state index is -0.0596. The van der Waals surface area contributed by atoms with Gasteiger partial charge in [-0.2, -0.15) is 5.10 Å². The number of nitrogens with one attached hydrogen (secondary N) is 2. The molecule has 0 atom stereocenters. The molecule has 0 saturated heterocycles. The van der Waals surface area contributed by atoms with Gasteiger partial charge < -0.3 is 10.4 Å². The Bertz CT molecular complexity index is 386. The summed E-state index contributed by atoms with van der Waals surface area (Å²) in [7, 11) is 0. The van der Waals surface area contributed by atoms with E-state index in [1.165, 1.54) is 0 Å². The molecule has 0 unspecified atom stereocenters. The van der Waals surface area contributed by atoms with Gasteiger partial charge in [-0.25, -0.2) is 0 Å². The van der Waals surface area contributed by atoms with Crippen LogP contribution in [0.5, 0.6) is 0 Å². The summed E-state index contributed by atoms with van der Waals surface area (Å²) in [6, 6.07) is 0.232. The van der Waals surface area contributed by atoms with Crippen LogP contribution in [0.1, 0.15) is 36.0 Å². The highest BCUT2D eigenvalue weighted by Crippen LogP contribution is 2.24. The third-order valence-electron chi connectivity index (χ3n) is 3.28. The minimum Gasteiger partial charge on any atom is -0.396 e. The highest BCUT2D eigenvalue weighted by atomic mass is 127. The Kier molecular flexibility index (Phi) is 4.38. The summed E-state index contributed by atoms with van der Waals surface area (Å²) in [5, 5.41) is 18.6. The van der Waals surface area contributed by atoms with Crippen molar-refractivity contribution in [2.24, 2.45) is 5.92 Å². The molecule has 0 bridgehead atoms. The Morgan fingerprint density at radius 1 is 1.53 bits per heavy atom. The van der Waals surface area contributed by atoms with Crippen LogP contribution in [0.2, 0.25) is 0 Å². The van der Waals surface area contributed by atoms with Crippen LogP contribution in [0.15, 0.2) is 6.20 Å². The molecule has 94 valence electrons. The van der Waals surface area contributed by atoms with E-state index in [2.05, 4.69) is 38.1 Å². The van der Waals surface area contributed by atoms with Gasteiger partial charge in [0.1, 0.15) is 3.70 Å². The molecular weight excluding hydrogens is 333 g/mol. The highest BCUT2D eigenvalue weighted by molar-refractivity contribution is 14.1. The molecule has 1 heterocycles. The predicted molar refractivity (Wildman–Crippen MR) is 71.6 cm³/mol. The van der Waals surface area contributed by atoms with Gasteiger partial charge in [-0.3, -0.25) is 9.89 Å². The molecule has 1 saturated carbocycles. The normalized spacial score (nSPS) is 24.6. The number of halogens is 1. The van der Waals surface area contributed by atoms with Gasteiger partial charge in [0.15, 0.2) is 0 Å². The Hall–Kier alpha value is -0.630. The zero-order chi connectivity index (χ0) is 12.3. The number of nitrogens with zero attached hydrogens (tertiary/aromatic N) is 1. The van der Waals surface area contributed by atoms with Gasteiger partial charge in [0.05, 0.1) is 11.8 Å². The standard InChI is InChI=1S/C11H16IN3O2/c12-10-9(5-13-15-10)11(17)14-8-3-1-7(6-16)2-4-8/h5,7-8,16H,1-4,6H2,(H,13,15)(H,14,17). The molecular formula is C11H16IN3O2. The number of amides is 1. The topological polar surface area (TPSA) is 78.0 Å². The molecule has 1 aliphatic rings. The molecule has 2 rings (SSSR count). The molecule has 0 aromatic carbocycles. The van der Waals surface area contributed by atoms with Gasteiger partial charge in [-0.05, 0) is 54.2 Å². The second-order valence-corrected chi connectivity index (χ2v) is 5.55. The van der Waals surface area contributed by atoms with Crippen LogP contribution < -0.4 is 5.32 Å². The van der Waals surface area contributed by atoms with Crippen molar-refractivity contribution in [2.75, 3.05) is 6.61 Å². The van der Waals surface area contributed by atoms with E-state index in [4.69, 9.17) is 5.11 Å². The summed E-state index contributed by atoms with van der Waals surface area (Å²) >= 11 is 2.06. The van der Waals surface area contributed by atoms with Gasteiger partial charge >= 0.3 is 0 Å². The second-order valence-electron chi connectivity index (χ2n) is 4.47. The van der Waals surface area contributed by atoms with Crippen molar-refractivity contribution in [1.82, 2.24) is 15.5 Å². The van der Waals surface area contributed by atoms with Crippen molar-refractivity contribution in [2.45, 2.75) is 31.7 Å². The molecule has 5 nitrogen and oxygen atoms in total. The molecule has 6 heteroatoms. The largest absolute Gasteiger partial charge is 0.396 e. The average molecular weight is 349 g/mol. The lowest BCUT2D eigenvalue weighted by Gasteiger charge is -2.27. The molecule has 17 heavy (non-hydrogen) atoms. The van der Waals surface area contributed by atoms with E-state index in [0.717, 1.165) is 29.4 Å². The van der Waals surface area contributed by atoms with E-state index in [9.17, 15) is 4.79 Å². The average Bonchev–Trinajstić information content (AvgIpc) is 2.76. The first-order chi connectivity index (χ1) is 8.20. The maximum absolute atomic E-state index is 11.9. The maximum atomic E-state index is 11.9. The molecule has 1 fully saturated rings. The molecule has 1 aliphatic carbocycles. The first-order valence-corrected chi connectivity index (χ1v) is 6.89. The van der Waals surface area contributed by atoms with E-state index in [-0.39, 0.29) is 18.6 Å². The summed E-state index contributed by atoms with van der Waals surface area (Å²) in [5.41, 5.74) is 0.606. The smallest absolute Gasteiger partial charge is 0.255 e. The molecule has 0 aliphatic heterocycles. The summed E-state index contributed by atoms with van der Waals surface area (Å²) in [6.45, 7) is 0.264. The number of aromatic amines is 1. The van der Waals surface area contributed by atoms with E-state index >= 15 is 0 Å². The number of aliphatic hydroxyl groups excluding tert-OH is 1. The predicted octanol–water partition coefficient (Wildman–Crippen LogP) is 1.30. The number of H-pyrrole nitrogens is 1. The first-order valence-electron chi connectivity index (χ1n) is 5.81. The lowest BCUT2D eigenvalue weighted by atomic mass is 9.86. The monoisotopic (exact) mass is 349 g/mol. The van der Waals surface area contributed by atoms with Gasteiger partial charge in [0, 0.05) is 12.6 Å². The first kappa shape index (κ1) is 12.8. The van der Waals surface area contributed by atoms with Gasteiger partial charge in [-0.1, -0.05) is 0 Å². The zero-order valence-corrected chi connectivity index (χ0v) is 11.6. The van der Waals surface area contributed by atoms with Crippen LogP contribution in [0, 0.1) is 9.62 Å². The van der Waals surface area contributed by atoms with Crippen molar-refractivity contribution >= 4 is 28.5 Å². The number of aliphatic hydroxyl groups is 1. The molecule has 1 amide bonds. The Morgan fingerprint density at radius 3 is 2.76 bits per heavy atom. The highest BCUT2D eigenvalue weighted by Gasteiger charge is 2.23. The van der Waals surface area contributed by atoms with Crippen molar-refractivity contribution in [3.63, 3.8) is 0 Å². The maximum Gasteiger partial charge on any atom is 0.255 e. The summed E-state index contributed by atoms with van der Waals surface area (Å²) in [5.74, 6) is 0.354. The molecule has 0 spiro atoms. The Labute approximate surface area is 114 Å². The van der Waals surface area contributed by atoms with Crippen molar-refractivity contribution in [3.05, 3.63) is 15.5 Å². The number of rotatable bonds is 3. The number of hydrogen-bond donors (Lipinski definition) is 3. The van der Waals surface area contributed by atoms with E-state index < -0.39 is 0 Å². The quantitative estimate of drug-likeness (QED) is 0.720. The van der Waals surface area contributed by atoms with Crippen LogP contribution in [-0.4, -0.2) is 33.9 Å². The number of carbonyl (C=O) groups excluding carboxylic acids is 1. The van der Waals surface area contributed by atoms with E-state index in [1.807, 2.05) is 0 Å². The second kappa shape index (κ2) is 5.81. The Morgan fingerprint density at radius 2 is 2.24 bits per heavy atom. The Balaban J connectivity index is 1.86. The van der Waals surface area contributed by atoms with Crippen molar-refractivity contribution in [1.29, 1.82) is 0 Å². The summed E-state index contributed by atoms with van der Waals surface area (Å²) < 4.78 is 0.768. The third kappa shape index (κ3) is 3.19. The van der Waals surface area contributed by atoms with Crippen LogP contribution in [-0.2, 0) is 0 Å². The van der Waals surface area contributed by atoms with Gasteiger partial charge in [0.25, 0.3) is 5.91 Å².